The number of carbonyl (C=O) groups is 1. The molecule has 2 N–H and O–H groups in total. The van der Waals surface area contributed by atoms with Gasteiger partial charge >= 0.3 is 0 Å². The van der Waals surface area contributed by atoms with Gasteiger partial charge in [0.1, 0.15) is 5.75 Å². The molecule has 0 aliphatic rings. The summed E-state index contributed by atoms with van der Waals surface area (Å²) in [5.41, 5.74) is 0.310. The number of thioether (sulfide) groups is 1. The normalized spacial score (nSPS) is 11.8. The first kappa shape index (κ1) is 16.4. The maximum absolute atomic E-state index is 12.1. The van der Waals surface area contributed by atoms with Gasteiger partial charge in [-0.2, -0.15) is 0 Å². The predicted molar refractivity (Wildman–Crippen MR) is 86.8 cm³/mol. The number of hydrogen-bond acceptors (Lipinski definition) is 5. The first-order valence-electron chi connectivity index (χ1n) is 6.36. The molecule has 116 valence electrons. The Labute approximate surface area is 136 Å². The molecular weight excluding hydrogens is 326 g/mol. The van der Waals surface area contributed by atoms with E-state index in [1.807, 2.05) is 0 Å². The molecule has 6 nitrogen and oxygen atoms in total. The quantitative estimate of drug-likeness (QED) is 0.646. The summed E-state index contributed by atoms with van der Waals surface area (Å²) in [6.45, 7) is 1.72. The molecule has 0 radical (unpaired) electrons. The smallest absolute Gasteiger partial charge is 0.251 e. The molecule has 2 aromatic rings. The van der Waals surface area contributed by atoms with Crippen LogP contribution in [0.25, 0.3) is 0 Å². The lowest BCUT2D eigenvalue weighted by Crippen LogP contribution is -2.23. The summed E-state index contributed by atoms with van der Waals surface area (Å²) in [5.74, 6) is 0.311. The van der Waals surface area contributed by atoms with Crippen LogP contribution in [-0.2, 0) is 4.79 Å². The number of methoxy groups -OCH3 is 1. The van der Waals surface area contributed by atoms with Gasteiger partial charge in [0.2, 0.25) is 5.91 Å². The second-order valence-electron chi connectivity index (χ2n) is 4.34. The number of hydrogen-bond donors (Lipinski definition) is 2. The van der Waals surface area contributed by atoms with Crippen molar-refractivity contribution in [3.05, 3.63) is 45.8 Å². The number of aromatic amines is 1. The third-order valence-electron chi connectivity index (χ3n) is 2.72. The first-order chi connectivity index (χ1) is 10.5. The summed E-state index contributed by atoms with van der Waals surface area (Å²) >= 11 is 7.17. The van der Waals surface area contributed by atoms with Gasteiger partial charge < -0.3 is 15.0 Å². The van der Waals surface area contributed by atoms with Crippen molar-refractivity contribution in [2.75, 3.05) is 12.4 Å². The highest BCUT2D eigenvalue weighted by Crippen LogP contribution is 2.28. The molecule has 0 fully saturated rings. The summed E-state index contributed by atoms with van der Waals surface area (Å²) < 4.78 is 5.05. The minimum absolute atomic E-state index is 0.224. The third-order valence-corrected chi connectivity index (χ3v) is 4.02. The van der Waals surface area contributed by atoms with Gasteiger partial charge in [0, 0.05) is 18.0 Å². The fourth-order valence-electron chi connectivity index (χ4n) is 1.62. The van der Waals surface area contributed by atoms with Crippen LogP contribution in [0.3, 0.4) is 0 Å². The zero-order chi connectivity index (χ0) is 16.1. The van der Waals surface area contributed by atoms with Gasteiger partial charge in [-0.15, -0.1) is 0 Å². The average molecular weight is 340 g/mol. The second-order valence-corrected chi connectivity index (χ2v) is 6.07. The van der Waals surface area contributed by atoms with Gasteiger partial charge in [-0.25, -0.2) is 4.98 Å². The van der Waals surface area contributed by atoms with E-state index in [9.17, 15) is 9.59 Å². The Hall–Kier alpha value is -1.99. The Balaban J connectivity index is 2.02. The highest BCUT2D eigenvalue weighted by atomic mass is 35.5. The van der Waals surface area contributed by atoms with Crippen molar-refractivity contribution in [2.45, 2.75) is 17.3 Å². The fraction of sp³-hybridized carbons (Fsp3) is 0.214. The van der Waals surface area contributed by atoms with Gasteiger partial charge in [0.15, 0.2) is 5.16 Å². The molecule has 0 aliphatic heterocycles. The third kappa shape index (κ3) is 4.25. The van der Waals surface area contributed by atoms with E-state index in [-0.39, 0.29) is 11.5 Å². The molecule has 0 saturated carbocycles. The monoisotopic (exact) mass is 339 g/mol. The topological polar surface area (TPSA) is 84.1 Å². The molecule has 0 saturated heterocycles. The number of ether oxygens (including phenoxy) is 1. The molecule has 1 heterocycles. The number of rotatable bonds is 5. The van der Waals surface area contributed by atoms with E-state index in [4.69, 9.17) is 16.3 Å². The van der Waals surface area contributed by atoms with Crippen molar-refractivity contribution in [1.82, 2.24) is 9.97 Å². The number of amides is 1. The van der Waals surface area contributed by atoms with Crippen LogP contribution in [0.5, 0.6) is 5.75 Å². The van der Waals surface area contributed by atoms with E-state index in [1.165, 1.54) is 19.4 Å². The SMILES string of the molecule is COc1ccc(NC(=O)C(C)Sc2nccc(=O)[nH]2)cc1Cl. The molecule has 1 unspecified atom stereocenters. The summed E-state index contributed by atoms with van der Waals surface area (Å²) in [4.78, 5) is 29.9. The van der Waals surface area contributed by atoms with E-state index in [0.717, 1.165) is 11.8 Å². The second kappa shape index (κ2) is 7.33. The minimum atomic E-state index is -0.438. The van der Waals surface area contributed by atoms with Gasteiger partial charge in [-0.1, -0.05) is 23.4 Å². The first-order valence-corrected chi connectivity index (χ1v) is 7.61. The molecule has 8 heteroatoms. The number of carbonyl (C=O) groups excluding carboxylic acids is 1. The molecule has 22 heavy (non-hydrogen) atoms. The van der Waals surface area contributed by atoms with Crippen molar-refractivity contribution in [3.63, 3.8) is 0 Å². The maximum atomic E-state index is 12.1. The van der Waals surface area contributed by atoms with Gasteiger partial charge in [-0.05, 0) is 25.1 Å². The van der Waals surface area contributed by atoms with Gasteiger partial charge in [0.05, 0.1) is 17.4 Å². The number of H-pyrrole nitrogens is 1. The molecule has 1 atom stereocenters. The van der Waals surface area contributed by atoms with E-state index in [0.29, 0.717) is 21.6 Å². The van der Waals surface area contributed by atoms with Crippen molar-refractivity contribution >= 4 is 35.0 Å². The lowest BCUT2D eigenvalue weighted by atomic mass is 10.3. The van der Waals surface area contributed by atoms with Crippen LogP contribution in [0.1, 0.15) is 6.92 Å². The summed E-state index contributed by atoms with van der Waals surface area (Å²) in [7, 11) is 1.52. The van der Waals surface area contributed by atoms with E-state index >= 15 is 0 Å². The molecule has 1 amide bonds. The number of halogens is 1. The van der Waals surface area contributed by atoms with Gasteiger partial charge in [-0.3, -0.25) is 9.59 Å². The van der Waals surface area contributed by atoms with Crippen molar-refractivity contribution in [3.8, 4) is 5.75 Å². The van der Waals surface area contributed by atoms with Crippen LogP contribution < -0.4 is 15.6 Å². The Morgan fingerprint density at radius 1 is 1.45 bits per heavy atom. The van der Waals surface area contributed by atoms with E-state index < -0.39 is 5.25 Å². The van der Waals surface area contributed by atoms with Crippen LogP contribution in [-0.4, -0.2) is 28.2 Å². The zero-order valence-electron chi connectivity index (χ0n) is 11.9. The maximum Gasteiger partial charge on any atom is 0.251 e. The van der Waals surface area contributed by atoms with Crippen molar-refractivity contribution < 1.29 is 9.53 Å². The Bertz CT molecular complexity index is 735. The van der Waals surface area contributed by atoms with E-state index in [1.54, 1.807) is 25.1 Å². The van der Waals surface area contributed by atoms with Crippen LogP contribution in [0.2, 0.25) is 5.02 Å². The number of aromatic nitrogens is 2. The molecule has 1 aromatic heterocycles. The standard InChI is InChI=1S/C14H14ClN3O3S/c1-8(22-14-16-6-5-12(19)18-14)13(20)17-9-3-4-11(21-2)10(15)7-9/h3-8H,1-2H3,(H,17,20)(H,16,18,19). The van der Waals surface area contributed by atoms with Crippen molar-refractivity contribution in [1.29, 1.82) is 0 Å². The lowest BCUT2D eigenvalue weighted by molar-refractivity contribution is -0.115. The molecule has 0 bridgehead atoms. The Kier molecular flexibility index (Phi) is 5.46. The highest BCUT2D eigenvalue weighted by Gasteiger charge is 2.16. The number of benzene rings is 1. The Morgan fingerprint density at radius 3 is 2.86 bits per heavy atom. The predicted octanol–water partition coefficient (Wildman–Crippen LogP) is 2.55. The molecule has 1 aromatic carbocycles. The summed E-state index contributed by atoms with van der Waals surface area (Å²) in [5, 5.41) is 3.11. The number of anilines is 1. The summed E-state index contributed by atoms with van der Waals surface area (Å²) in [6.07, 6.45) is 1.40. The zero-order valence-corrected chi connectivity index (χ0v) is 13.5. The fourth-order valence-corrected chi connectivity index (χ4v) is 2.66. The van der Waals surface area contributed by atoms with Crippen LogP contribution in [0, 0.1) is 0 Å². The van der Waals surface area contributed by atoms with Gasteiger partial charge in [0.25, 0.3) is 5.56 Å². The van der Waals surface area contributed by atoms with Crippen LogP contribution in [0.4, 0.5) is 5.69 Å². The highest BCUT2D eigenvalue weighted by molar-refractivity contribution is 8.00. The Morgan fingerprint density at radius 2 is 2.23 bits per heavy atom. The van der Waals surface area contributed by atoms with Crippen LogP contribution >= 0.6 is 23.4 Å². The summed E-state index contributed by atoms with van der Waals surface area (Å²) in [6, 6.07) is 6.29. The molecule has 2 rings (SSSR count). The minimum Gasteiger partial charge on any atom is -0.495 e. The van der Waals surface area contributed by atoms with Crippen molar-refractivity contribution in [2.24, 2.45) is 0 Å². The molecular formula is C14H14ClN3O3S. The number of nitrogens with one attached hydrogen (secondary N) is 2. The number of nitrogens with zero attached hydrogens (tertiary/aromatic N) is 1. The molecule has 0 aliphatic carbocycles. The molecule has 0 spiro atoms. The van der Waals surface area contributed by atoms with Crippen LogP contribution in [0.15, 0.2) is 40.4 Å². The lowest BCUT2D eigenvalue weighted by Gasteiger charge is -2.12. The largest absolute Gasteiger partial charge is 0.495 e. The van der Waals surface area contributed by atoms with E-state index in [2.05, 4.69) is 15.3 Å². The average Bonchev–Trinajstić information content (AvgIpc) is 2.47.